The van der Waals surface area contributed by atoms with Crippen LogP contribution in [0.25, 0.3) is 0 Å². The fourth-order valence-electron chi connectivity index (χ4n) is 2.49. The average molecular weight is 303 g/mol. The average Bonchev–Trinajstić information content (AvgIpc) is 2.83. The fraction of sp³-hybridized carbons (Fsp3) is 0.529. The zero-order chi connectivity index (χ0) is 16.3. The van der Waals surface area contributed by atoms with E-state index in [4.69, 9.17) is 0 Å². The molecule has 0 bridgehead atoms. The van der Waals surface area contributed by atoms with E-state index >= 15 is 0 Å². The van der Waals surface area contributed by atoms with Crippen LogP contribution in [-0.2, 0) is 4.79 Å². The van der Waals surface area contributed by atoms with Gasteiger partial charge in [0.15, 0.2) is 0 Å². The first-order valence-corrected chi connectivity index (χ1v) is 7.88. The Bertz CT molecular complexity index is 571. The summed E-state index contributed by atoms with van der Waals surface area (Å²) >= 11 is 0. The predicted molar refractivity (Wildman–Crippen MR) is 88.1 cm³/mol. The van der Waals surface area contributed by atoms with Crippen molar-refractivity contribution < 1.29 is 9.59 Å². The van der Waals surface area contributed by atoms with Gasteiger partial charge in [-0.25, -0.2) is 4.79 Å². The number of carbonyl (C=O) groups excluding carboxylic acids is 2. The number of nitrogens with one attached hydrogen (secondary N) is 2. The number of nitrogens with zero attached hydrogens (tertiary/aromatic N) is 1. The Labute approximate surface area is 132 Å². The lowest BCUT2D eigenvalue weighted by atomic mass is 10.1. The summed E-state index contributed by atoms with van der Waals surface area (Å²) in [6, 6.07) is 5.40. The summed E-state index contributed by atoms with van der Waals surface area (Å²) in [5.41, 5.74) is 3.27. The maximum Gasteiger partial charge on any atom is 0.315 e. The molecule has 0 aliphatic carbocycles. The second kappa shape index (κ2) is 6.81. The van der Waals surface area contributed by atoms with Crippen molar-refractivity contribution in [3.05, 3.63) is 29.3 Å². The highest BCUT2D eigenvalue weighted by Gasteiger charge is 2.33. The first-order valence-electron chi connectivity index (χ1n) is 7.88. The van der Waals surface area contributed by atoms with Gasteiger partial charge in [-0.05, 0) is 56.9 Å². The standard InChI is InChI=1S/C17H25N3O2/c1-5-13(4)18-17(22)19-15-8-9-20(16(15)21)14-7-6-11(2)12(3)10-14/h6-7,10,13,15H,5,8-9H2,1-4H3,(H2,18,19,22)/t13-,15+/m0/s1. The van der Waals surface area contributed by atoms with Gasteiger partial charge in [0.1, 0.15) is 6.04 Å². The molecule has 120 valence electrons. The summed E-state index contributed by atoms with van der Waals surface area (Å²) in [5.74, 6) is -0.0393. The molecule has 22 heavy (non-hydrogen) atoms. The molecule has 1 aliphatic heterocycles. The molecule has 1 saturated heterocycles. The maximum absolute atomic E-state index is 12.5. The largest absolute Gasteiger partial charge is 0.336 e. The molecule has 1 aromatic carbocycles. The molecule has 0 saturated carbocycles. The molecule has 0 spiro atoms. The number of hydrogen-bond acceptors (Lipinski definition) is 2. The van der Waals surface area contributed by atoms with E-state index in [-0.39, 0.29) is 18.0 Å². The third-order valence-electron chi connectivity index (χ3n) is 4.30. The van der Waals surface area contributed by atoms with Gasteiger partial charge >= 0.3 is 6.03 Å². The molecule has 5 nitrogen and oxygen atoms in total. The quantitative estimate of drug-likeness (QED) is 0.898. The molecule has 1 aromatic rings. The Balaban J connectivity index is 2.00. The number of benzene rings is 1. The number of carbonyl (C=O) groups is 2. The molecular formula is C17H25N3O2. The van der Waals surface area contributed by atoms with E-state index in [1.807, 2.05) is 39.0 Å². The fourth-order valence-corrected chi connectivity index (χ4v) is 2.49. The summed E-state index contributed by atoms with van der Waals surface area (Å²) in [6.45, 7) is 8.67. The Morgan fingerprint density at radius 2 is 2.09 bits per heavy atom. The lowest BCUT2D eigenvalue weighted by Crippen LogP contribution is -2.48. The lowest BCUT2D eigenvalue weighted by Gasteiger charge is -2.19. The number of rotatable bonds is 4. The van der Waals surface area contributed by atoms with Gasteiger partial charge in [-0.3, -0.25) is 4.79 Å². The van der Waals surface area contributed by atoms with E-state index < -0.39 is 6.04 Å². The van der Waals surface area contributed by atoms with Crippen LogP contribution in [0.2, 0.25) is 0 Å². The second-order valence-electron chi connectivity index (χ2n) is 6.03. The van der Waals surface area contributed by atoms with Gasteiger partial charge in [-0.2, -0.15) is 0 Å². The van der Waals surface area contributed by atoms with Crippen molar-refractivity contribution in [1.82, 2.24) is 10.6 Å². The second-order valence-corrected chi connectivity index (χ2v) is 6.03. The molecule has 2 N–H and O–H groups in total. The summed E-state index contributed by atoms with van der Waals surface area (Å²) in [5, 5.41) is 5.61. The van der Waals surface area contributed by atoms with Gasteiger partial charge in [0.25, 0.3) is 0 Å². The van der Waals surface area contributed by atoms with Crippen LogP contribution in [-0.4, -0.2) is 30.6 Å². The maximum atomic E-state index is 12.5. The van der Waals surface area contributed by atoms with Crippen molar-refractivity contribution in [1.29, 1.82) is 0 Å². The van der Waals surface area contributed by atoms with Gasteiger partial charge in [-0.15, -0.1) is 0 Å². The Morgan fingerprint density at radius 3 is 2.73 bits per heavy atom. The van der Waals surface area contributed by atoms with Gasteiger partial charge in [-0.1, -0.05) is 13.0 Å². The van der Waals surface area contributed by atoms with E-state index in [9.17, 15) is 9.59 Å². The molecule has 2 atom stereocenters. The van der Waals surface area contributed by atoms with Crippen LogP contribution in [0.15, 0.2) is 18.2 Å². The van der Waals surface area contributed by atoms with Crippen LogP contribution < -0.4 is 15.5 Å². The van der Waals surface area contributed by atoms with Crippen molar-refractivity contribution in [2.45, 2.75) is 52.6 Å². The lowest BCUT2D eigenvalue weighted by molar-refractivity contribution is -0.118. The highest BCUT2D eigenvalue weighted by molar-refractivity contribution is 6.01. The van der Waals surface area contributed by atoms with Gasteiger partial charge in [0, 0.05) is 18.3 Å². The highest BCUT2D eigenvalue weighted by Crippen LogP contribution is 2.24. The molecule has 1 heterocycles. The molecule has 5 heteroatoms. The molecule has 0 unspecified atom stereocenters. The van der Waals surface area contributed by atoms with E-state index in [1.54, 1.807) is 4.90 Å². The third kappa shape index (κ3) is 3.59. The van der Waals surface area contributed by atoms with E-state index in [1.165, 1.54) is 5.56 Å². The van der Waals surface area contributed by atoms with E-state index in [0.717, 1.165) is 17.7 Å². The van der Waals surface area contributed by atoms with Crippen LogP contribution in [0.4, 0.5) is 10.5 Å². The molecular weight excluding hydrogens is 278 g/mol. The molecule has 1 aliphatic rings. The van der Waals surface area contributed by atoms with Crippen molar-refractivity contribution in [2.24, 2.45) is 0 Å². The summed E-state index contributed by atoms with van der Waals surface area (Å²) in [6.07, 6.45) is 1.50. The number of aryl methyl sites for hydroxylation is 2. The summed E-state index contributed by atoms with van der Waals surface area (Å²) < 4.78 is 0. The van der Waals surface area contributed by atoms with Gasteiger partial charge in [0.05, 0.1) is 0 Å². The van der Waals surface area contributed by atoms with Crippen molar-refractivity contribution >= 4 is 17.6 Å². The van der Waals surface area contributed by atoms with Gasteiger partial charge in [0.2, 0.25) is 5.91 Å². The molecule has 1 fully saturated rings. The molecule has 0 aromatic heterocycles. The first kappa shape index (κ1) is 16.3. The van der Waals surface area contributed by atoms with Crippen LogP contribution in [0.3, 0.4) is 0 Å². The number of amides is 3. The summed E-state index contributed by atoms with van der Waals surface area (Å²) in [7, 11) is 0. The van der Waals surface area contributed by atoms with Gasteiger partial charge < -0.3 is 15.5 Å². The Kier molecular flexibility index (Phi) is 5.06. The minimum Gasteiger partial charge on any atom is -0.336 e. The van der Waals surface area contributed by atoms with E-state index in [2.05, 4.69) is 17.6 Å². The third-order valence-corrected chi connectivity index (χ3v) is 4.30. The van der Waals surface area contributed by atoms with Crippen LogP contribution in [0.1, 0.15) is 37.8 Å². The van der Waals surface area contributed by atoms with Crippen LogP contribution >= 0.6 is 0 Å². The molecule has 2 rings (SSSR count). The van der Waals surface area contributed by atoms with Crippen LogP contribution in [0, 0.1) is 13.8 Å². The van der Waals surface area contributed by atoms with Crippen molar-refractivity contribution in [2.75, 3.05) is 11.4 Å². The normalized spacial score (nSPS) is 19.2. The minimum absolute atomic E-state index is 0.0393. The number of anilines is 1. The Morgan fingerprint density at radius 1 is 1.36 bits per heavy atom. The molecule has 3 amide bonds. The molecule has 0 radical (unpaired) electrons. The Hall–Kier alpha value is -2.04. The SMILES string of the molecule is CC[C@H](C)NC(=O)N[C@@H]1CCN(c2ccc(C)c(C)c2)C1=O. The topological polar surface area (TPSA) is 61.4 Å². The highest BCUT2D eigenvalue weighted by atomic mass is 16.2. The van der Waals surface area contributed by atoms with Crippen LogP contribution in [0.5, 0.6) is 0 Å². The summed E-state index contributed by atoms with van der Waals surface area (Å²) in [4.78, 5) is 26.1. The predicted octanol–water partition coefficient (Wildman–Crippen LogP) is 2.51. The minimum atomic E-state index is -0.439. The monoisotopic (exact) mass is 303 g/mol. The number of urea groups is 1. The first-order chi connectivity index (χ1) is 10.4. The zero-order valence-corrected chi connectivity index (χ0v) is 13.8. The zero-order valence-electron chi connectivity index (χ0n) is 13.8. The van der Waals surface area contributed by atoms with E-state index in [0.29, 0.717) is 13.0 Å². The van der Waals surface area contributed by atoms with Crippen molar-refractivity contribution in [3.8, 4) is 0 Å². The number of hydrogen-bond donors (Lipinski definition) is 2. The smallest absolute Gasteiger partial charge is 0.315 e. The van der Waals surface area contributed by atoms with Crippen molar-refractivity contribution in [3.63, 3.8) is 0 Å².